The number of nitrogens with two attached hydrogens (primary N) is 3. The fourth-order valence-corrected chi connectivity index (χ4v) is 5.51. The molecule has 0 aromatic carbocycles. The predicted molar refractivity (Wildman–Crippen MR) is 133 cm³/mol. The Balaban J connectivity index is 1.79. The van der Waals surface area contributed by atoms with E-state index < -0.39 is 97.8 Å². The van der Waals surface area contributed by atoms with E-state index >= 15 is 0 Å². The van der Waals surface area contributed by atoms with E-state index in [1.165, 1.54) is 6.92 Å². The van der Waals surface area contributed by atoms with Gasteiger partial charge in [0.1, 0.15) is 48.8 Å². The fourth-order valence-electron chi connectivity index (χ4n) is 5.51. The average Bonchev–Trinajstić information content (AvgIpc) is 3.16. The molecule has 0 unspecified atom stereocenters. The molecule has 3 fully saturated rings. The first-order valence-corrected chi connectivity index (χ1v) is 13.3. The van der Waals surface area contributed by atoms with E-state index in [1.54, 1.807) is 11.8 Å². The first-order chi connectivity index (χ1) is 18.3. The molecule has 1 saturated carbocycles. The van der Waals surface area contributed by atoms with Gasteiger partial charge in [-0.25, -0.2) is 0 Å². The molecule has 0 bridgehead atoms. The van der Waals surface area contributed by atoms with Crippen LogP contribution in [0.15, 0.2) is 0 Å². The summed E-state index contributed by atoms with van der Waals surface area (Å²) < 4.78 is 23.4. The number of ether oxygens (including phenoxy) is 4. The maximum absolute atomic E-state index is 10.9. The molecule has 3 rings (SSSR count). The summed E-state index contributed by atoms with van der Waals surface area (Å²) in [7, 11) is 0. The minimum Gasteiger partial charge on any atom is -0.395 e. The van der Waals surface area contributed by atoms with Crippen molar-refractivity contribution in [1.82, 2.24) is 4.90 Å². The molecule has 0 amide bonds. The van der Waals surface area contributed by atoms with E-state index in [-0.39, 0.29) is 32.7 Å². The molecular weight excluding hydrogens is 524 g/mol. The Labute approximate surface area is 226 Å². The molecule has 2 heterocycles. The van der Waals surface area contributed by atoms with Gasteiger partial charge in [-0.3, -0.25) is 4.90 Å². The van der Waals surface area contributed by atoms with Gasteiger partial charge in [-0.2, -0.15) is 0 Å². The summed E-state index contributed by atoms with van der Waals surface area (Å²) in [5.41, 5.74) is 18.4. The summed E-state index contributed by atoms with van der Waals surface area (Å²) in [5.74, 6) is 0. The zero-order valence-corrected chi connectivity index (χ0v) is 22.2. The molecule has 16 heteroatoms. The second-order valence-electron chi connectivity index (χ2n) is 10.7. The van der Waals surface area contributed by atoms with Gasteiger partial charge in [0.05, 0.1) is 31.5 Å². The van der Waals surface area contributed by atoms with Crippen LogP contribution in [0, 0.1) is 0 Å². The van der Waals surface area contributed by atoms with Crippen molar-refractivity contribution in [2.75, 3.05) is 26.3 Å². The Hall–Kier alpha value is -0.640. The monoisotopic (exact) mass is 570 g/mol. The molecule has 1 aliphatic carbocycles. The smallest absolute Gasteiger partial charge is 0.187 e. The van der Waals surface area contributed by atoms with Gasteiger partial charge in [0.15, 0.2) is 12.6 Å². The van der Waals surface area contributed by atoms with Crippen molar-refractivity contribution in [1.29, 1.82) is 0 Å². The van der Waals surface area contributed by atoms with Crippen molar-refractivity contribution < 1.29 is 59.8 Å². The van der Waals surface area contributed by atoms with E-state index in [4.69, 9.17) is 36.1 Å². The maximum atomic E-state index is 10.9. The van der Waals surface area contributed by atoms with Crippen LogP contribution >= 0.6 is 0 Å². The summed E-state index contributed by atoms with van der Waals surface area (Å²) in [5, 5.41) is 81.7. The van der Waals surface area contributed by atoms with Crippen LogP contribution in [0.2, 0.25) is 0 Å². The van der Waals surface area contributed by atoms with Crippen molar-refractivity contribution in [3.8, 4) is 0 Å². The number of hydrogen-bond acceptors (Lipinski definition) is 16. The minimum atomic E-state index is -1.55. The first-order valence-electron chi connectivity index (χ1n) is 13.3. The van der Waals surface area contributed by atoms with E-state index in [0.29, 0.717) is 0 Å². The van der Waals surface area contributed by atoms with E-state index in [1.807, 2.05) is 0 Å². The van der Waals surface area contributed by atoms with Crippen molar-refractivity contribution in [2.45, 2.75) is 118 Å². The van der Waals surface area contributed by atoms with Crippen LogP contribution in [0.1, 0.15) is 20.3 Å². The molecule has 16 nitrogen and oxygen atoms in total. The van der Waals surface area contributed by atoms with Gasteiger partial charge in [0.2, 0.25) is 0 Å². The molecule has 0 spiro atoms. The Morgan fingerprint density at radius 3 is 1.85 bits per heavy atom. The van der Waals surface area contributed by atoms with Crippen molar-refractivity contribution in [3.63, 3.8) is 0 Å². The zero-order valence-electron chi connectivity index (χ0n) is 22.2. The second kappa shape index (κ2) is 14.0. The number of aliphatic hydroxyl groups excluding tert-OH is 8. The van der Waals surface area contributed by atoms with Gasteiger partial charge >= 0.3 is 0 Å². The lowest BCUT2D eigenvalue weighted by Crippen LogP contribution is -2.68. The highest BCUT2D eigenvalue weighted by Gasteiger charge is 2.53. The molecular formula is C23H46N4O12. The summed E-state index contributed by atoms with van der Waals surface area (Å²) in [6.07, 6.45) is -15.9. The molecule has 2 aliphatic heterocycles. The number of aliphatic hydroxyl groups is 8. The van der Waals surface area contributed by atoms with Crippen LogP contribution in [0.25, 0.3) is 0 Å². The molecule has 0 aromatic heterocycles. The van der Waals surface area contributed by atoms with Crippen LogP contribution in [0.5, 0.6) is 0 Å². The third-order valence-corrected chi connectivity index (χ3v) is 7.89. The van der Waals surface area contributed by atoms with Crippen LogP contribution in [0.3, 0.4) is 0 Å². The molecule has 39 heavy (non-hydrogen) atoms. The van der Waals surface area contributed by atoms with E-state index in [0.717, 1.165) is 0 Å². The lowest BCUT2D eigenvalue weighted by molar-refractivity contribution is -0.315. The van der Waals surface area contributed by atoms with Gasteiger partial charge in [0, 0.05) is 31.2 Å². The highest BCUT2D eigenvalue weighted by molar-refractivity contribution is 5.02. The average molecular weight is 571 g/mol. The number of hydrogen-bond donors (Lipinski definition) is 11. The summed E-state index contributed by atoms with van der Waals surface area (Å²) in [6, 6.07) is -3.47. The highest BCUT2D eigenvalue weighted by atomic mass is 16.7. The summed E-state index contributed by atoms with van der Waals surface area (Å²) in [6.45, 7) is 3.03. The van der Waals surface area contributed by atoms with Gasteiger partial charge < -0.3 is 77.0 Å². The van der Waals surface area contributed by atoms with Crippen LogP contribution in [-0.2, 0) is 18.9 Å². The summed E-state index contributed by atoms with van der Waals surface area (Å²) in [4.78, 5) is 1.68. The van der Waals surface area contributed by atoms with Crippen molar-refractivity contribution >= 4 is 0 Å². The maximum Gasteiger partial charge on any atom is 0.187 e. The quantitative estimate of drug-likeness (QED) is 0.110. The molecule has 0 radical (unpaired) electrons. The molecule has 230 valence electrons. The molecule has 2 saturated heterocycles. The number of rotatable bonds is 11. The van der Waals surface area contributed by atoms with Gasteiger partial charge in [-0.15, -0.1) is 0 Å². The first kappa shape index (κ1) is 32.9. The Morgan fingerprint density at radius 1 is 0.744 bits per heavy atom. The lowest BCUT2D eigenvalue weighted by atomic mass is 9.84. The normalized spacial score (nSPS) is 46.9. The SMILES string of the molecule is C[C@@H](O)[C@H]1O[C@H](O[C@H]2[C@H](O[C@@H]3O[C@H]([C@H](C)N(CCO)CCO)[C@@H](O)[C@H]3O)[C@@H](O)[C@H](N)C[C@@H]2N)[C@H](N)[C@@H](O)[C@@H]1O. The molecule has 14 N–H and O–H groups in total. The van der Waals surface area contributed by atoms with Crippen molar-refractivity contribution in [2.24, 2.45) is 17.2 Å². The Morgan fingerprint density at radius 2 is 1.28 bits per heavy atom. The molecule has 16 atom stereocenters. The van der Waals surface area contributed by atoms with Crippen molar-refractivity contribution in [3.05, 3.63) is 0 Å². The van der Waals surface area contributed by atoms with Crippen LogP contribution in [0.4, 0.5) is 0 Å². The fraction of sp³-hybridized carbons (Fsp3) is 1.00. The van der Waals surface area contributed by atoms with Gasteiger partial charge in [0.25, 0.3) is 0 Å². The van der Waals surface area contributed by atoms with E-state index in [9.17, 15) is 40.9 Å². The third kappa shape index (κ3) is 7.06. The van der Waals surface area contributed by atoms with Gasteiger partial charge in [-0.05, 0) is 20.3 Å². The van der Waals surface area contributed by atoms with E-state index in [2.05, 4.69) is 0 Å². The lowest BCUT2D eigenvalue weighted by Gasteiger charge is -2.47. The van der Waals surface area contributed by atoms with Crippen LogP contribution in [-0.4, -0.2) is 170 Å². The zero-order chi connectivity index (χ0) is 29.2. The summed E-state index contributed by atoms with van der Waals surface area (Å²) >= 11 is 0. The Kier molecular flexibility index (Phi) is 11.8. The van der Waals surface area contributed by atoms with Crippen LogP contribution < -0.4 is 17.2 Å². The second-order valence-corrected chi connectivity index (χ2v) is 10.7. The minimum absolute atomic E-state index is 0.103. The molecule has 0 aromatic rings. The largest absolute Gasteiger partial charge is 0.395 e. The third-order valence-electron chi connectivity index (χ3n) is 7.89. The topological polar surface area (TPSA) is 280 Å². The highest BCUT2D eigenvalue weighted by Crippen LogP contribution is 2.33. The number of nitrogens with zero attached hydrogens (tertiary/aromatic N) is 1. The Bertz CT molecular complexity index is 752. The van der Waals surface area contributed by atoms with Gasteiger partial charge in [-0.1, -0.05) is 0 Å². The molecule has 3 aliphatic rings. The standard InChI is InChI=1S/C23H46N4O12/c1-8(27(3-5-28)4-6-29)18-16(34)17(35)23(36-18)39-21-13(31)10(24)7-11(25)20(21)38-22-12(26)14(32)15(33)19(37-22)9(2)30/h8-23,28-35H,3-7,24-26H2,1-2H3/t8-,9+,10+,11-,12+,13-,14+,15-,16-,17+,18+,19+,20+,21+,22+,23-/m0/s1. The predicted octanol–water partition coefficient (Wildman–Crippen LogP) is -6.55.